The highest BCUT2D eigenvalue weighted by Gasteiger charge is 2.34. The van der Waals surface area contributed by atoms with Crippen LogP contribution in [0.2, 0.25) is 0 Å². The zero-order chi connectivity index (χ0) is 14.2. The van der Waals surface area contributed by atoms with Gasteiger partial charge in [0.05, 0.1) is 11.5 Å². The summed E-state index contributed by atoms with van der Waals surface area (Å²) in [7, 11) is -4.38. The molecule has 7 nitrogen and oxygen atoms in total. The molecule has 104 valence electrons. The minimum atomic E-state index is -4.38. The molecule has 1 heterocycles. The maximum atomic E-state index is 13.5. The molecule has 0 spiro atoms. The zero-order valence-electron chi connectivity index (χ0n) is 9.38. The molecule has 0 N–H and O–H groups in total. The third-order valence-electron chi connectivity index (χ3n) is 2.46. The van der Waals surface area contributed by atoms with Gasteiger partial charge in [0.1, 0.15) is 10.7 Å². The second-order valence-electron chi connectivity index (χ2n) is 3.71. The zero-order valence-corrected chi connectivity index (χ0v) is 10.2. The van der Waals surface area contributed by atoms with E-state index in [0.29, 0.717) is 17.0 Å². The first-order chi connectivity index (χ1) is 8.84. The lowest BCUT2D eigenvalue weighted by atomic mass is 10.3. The van der Waals surface area contributed by atoms with E-state index >= 15 is 0 Å². The molecule has 0 bridgehead atoms. The fourth-order valence-electron chi connectivity index (χ4n) is 1.58. The van der Waals surface area contributed by atoms with Crippen molar-refractivity contribution < 1.29 is 27.0 Å². The Morgan fingerprint density at radius 2 is 2.00 bits per heavy atom. The molecule has 1 aliphatic heterocycles. The van der Waals surface area contributed by atoms with Gasteiger partial charge in [-0.15, -0.1) is 0 Å². The number of hydrogen-bond donors (Lipinski definition) is 0. The van der Waals surface area contributed by atoms with E-state index in [2.05, 4.69) is 0 Å². The average Bonchev–Trinajstić information content (AvgIpc) is 2.81. The molecule has 10 heteroatoms. The average molecular weight is 294 g/mol. The van der Waals surface area contributed by atoms with Crippen LogP contribution in [0, 0.1) is 21.7 Å². The van der Waals surface area contributed by atoms with Crippen molar-refractivity contribution in [3.63, 3.8) is 0 Å². The molecule has 0 radical (unpaired) electrons. The predicted molar refractivity (Wildman–Crippen MR) is 57.5 cm³/mol. The van der Waals surface area contributed by atoms with E-state index in [1.807, 2.05) is 0 Å². The standard InChI is InChI=1S/C9H8F2N2O5S/c10-6-4-7(11)9(5-8(6)13(14)15)19(16,17)12-2-1-3-18-12/h4-5H,1-3H2. The number of hydrogen-bond acceptors (Lipinski definition) is 5. The number of nitro benzene ring substituents is 1. The Bertz CT molecular complexity index is 628. The minimum absolute atomic E-state index is 0.00689. The van der Waals surface area contributed by atoms with Gasteiger partial charge < -0.3 is 0 Å². The molecule has 1 aliphatic rings. The Balaban J connectivity index is 2.55. The van der Waals surface area contributed by atoms with E-state index in [4.69, 9.17) is 4.84 Å². The van der Waals surface area contributed by atoms with E-state index in [9.17, 15) is 27.3 Å². The summed E-state index contributed by atoms with van der Waals surface area (Å²) in [6.07, 6.45) is 0.421. The van der Waals surface area contributed by atoms with Crippen molar-refractivity contribution >= 4 is 15.7 Å². The van der Waals surface area contributed by atoms with Crippen LogP contribution in [0.15, 0.2) is 17.0 Å². The van der Waals surface area contributed by atoms with Crippen molar-refractivity contribution in [2.45, 2.75) is 11.3 Å². The minimum Gasteiger partial charge on any atom is -0.284 e. The van der Waals surface area contributed by atoms with Crippen LogP contribution in [0.5, 0.6) is 0 Å². The Hall–Kier alpha value is -1.65. The van der Waals surface area contributed by atoms with Gasteiger partial charge in [0.25, 0.3) is 10.0 Å². The number of sulfonamides is 1. The predicted octanol–water partition coefficient (Wildman–Crippen LogP) is 1.20. The van der Waals surface area contributed by atoms with Crippen molar-refractivity contribution in [3.05, 3.63) is 33.9 Å². The van der Waals surface area contributed by atoms with E-state index < -0.39 is 37.2 Å². The van der Waals surface area contributed by atoms with Gasteiger partial charge in [0, 0.05) is 18.7 Å². The number of nitrogens with zero attached hydrogens (tertiary/aromatic N) is 2. The molecule has 0 saturated carbocycles. The topological polar surface area (TPSA) is 89.8 Å². The number of hydroxylamine groups is 1. The molecule has 1 fully saturated rings. The van der Waals surface area contributed by atoms with E-state index in [1.54, 1.807) is 0 Å². The highest BCUT2D eigenvalue weighted by molar-refractivity contribution is 7.89. The Morgan fingerprint density at radius 3 is 2.53 bits per heavy atom. The van der Waals surface area contributed by atoms with Crippen molar-refractivity contribution in [2.75, 3.05) is 13.2 Å². The monoisotopic (exact) mass is 294 g/mol. The summed E-state index contributed by atoms with van der Waals surface area (Å²) >= 11 is 0. The molecule has 0 unspecified atom stereocenters. The summed E-state index contributed by atoms with van der Waals surface area (Å²) < 4.78 is 51.1. The van der Waals surface area contributed by atoms with Crippen molar-refractivity contribution in [1.82, 2.24) is 4.47 Å². The van der Waals surface area contributed by atoms with Gasteiger partial charge in [0.15, 0.2) is 0 Å². The largest absolute Gasteiger partial charge is 0.306 e. The highest BCUT2D eigenvalue weighted by Crippen LogP contribution is 2.28. The maximum absolute atomic E-state index is 13.5. The summed E-state index contributed by atoms with van der Waals surface area (Å²) in [5, 5.41) is 10.5. The molecule has 1 aromatic rings. The molecular formula is C9H8F2N2O5S. The first kappa shape index (κ1) is 13.8. The summed E-state index contributed by atoms with van der Waals surface area (Å²) in [4.78, 5) is 13.2. The number of benzene rings is 1. The normalized spacial score (nSPS) is 16.7. The molecule has 2 rings (SSSR count). The first-order valence-corrected chi connectivity index (χ1v) is 6.57. The number of nitro groups is 1. The smallest absolute Gasteiger partial charge is 0.284 e. The van der Waals surface area contributed by atoms with Crippen LogP contribution in [0.3, 0.4) is 0 Å². The molecule has 0 atom stereocenters. The van der Waals surface area contributed by atoms with Crippen LogP contribution >= 0.6 is 0 Å². The second kappa shape index (κ2) is 4.79. The fraction of sp³-hybridized carbons (Fsp3) is 0.333. The van der Waals surface area contributed by atoms with Crippen molar-refractivity contribution in [3.8, 4) is 0 Å². The summed E-state index contributed by atoms with van der Waals surface area (Å²) in [5.41, 5.74) is -1.11. The summed E-state index contributed by atoms with van der Waals surface area (Å²) in [6, 6.07) is 0.517. The molecule has 0 amide bonds. The van der Waals surface area contributed by atoms with Crippen molar-refractivity contribution in [2.24, 2.45) is 0 Å². The Labute approximate surface area is 106 Å². The molecule has 1 saturated heterocycles. The van der Waals surface area contributed by atoms with E-state index in [0.717, 1.165) is 0 Å². The van der Waals surface area contributed by atoms with Crippen LogP contribution in [-0.2, 0) is 14.9 Å². The summed E-state index contributed by atoms with van der Waals surface area (Å²) in [6.45, 7) is 0.150. The quantitative estimate of drug-likeness (QED) is 0.617. The first-order valence-electron chi connectivity index (χ1n) is 5.13. The molecular weight excluding hydrogens is 286 g/mol. The van der Waals surface area contributed by atoms with E-state index in [-0.39, 0.29) is 19.2 Å². The van der Waals surface area contributed by atoms with Gasteiger partial charge >= 0.3 is 5.69 Å². The van der Waals surface area contributed by atoms with Crippen LogP contribution in [0.4, 0.5) is 14.5 Å². The van der Waals surface area contributed by atoms with Crippen molar-refractivity contribution in [1.29, 1.82) is 0 Å². The van der Waals surface area contributed by atoms with Gasteiger partial charge in [-0.2, -0.15) is 4.39 Å². The third-order valence-corrected chi connectivity index (χ3v) is 4.16. The molecule has 0 aliphatic carbocycles. The maximum Gasteiger partial charge on any atom is 0.306 e. The number of rotatable bonds is 3. The molecule has 0 aromatic heterocycles. The highest BCUT2D eigenvalue weighted by atomic mass is 32.2. The van der Waals surface area contributed by atoms with E-state index in [1.165, 1.54) is 0 Å². The van der Waals surface area contributed by atoms with Crippen LogP contribution in [-0.4, -0.2) is 31.0 Å². The fourth-order valence-corrected chi connectivity index (χ4v) is 2.95. The Morgan fingerprint density at radius 1 is 1.32 bits per heavy atom. The van der Waals surface area contributed by atoms with Crippen LogP contribution in [0.1, 0.15) is 6.42 Å². The SMILES string of the molecule is O=[N+]([O-])c1cc(S(=O)(=O)N2CCCO2)c(F)cc1F. The Kier molecular flexibility index (Phi) is 3.47. The molecule has 1 aromatic carbocycles. The second-order valence-corrected chi connectivity index (χ2v) is 5.51. The molecule has 19 heavy (non-hydrogen) atoms. The van der Waals surface area contributed by atoms with Crippen LogP contribution in [0.25, 0.3) is 0 Å². The summed E-state index contributed by atoms with van der Waals surface area (Å²) in [5.74, 6) is -2.85. The lowest BCUT2D eigenvalue weighted by Crippen LogP contribution is -2.27. The lowest BCUT2D eigenvalue weighted by Gasteiger charge is -2.14. The van der Waals surface area contributed by atoms with Gasteiger partial charge in [-0.1, -0.05) is 4.47 Å². The third kappa shape index (κ3) is 2.41. The van der Waals surface area contributed by atoms with Gasteiger partial charge in [0.2, 0.25) is 5.82 Å². The van der Waals surface area contributed by atoms with Gasteiger partial charge in [-0.05, 0) is 6.42 Å². The van der Waals surface area contributed by atoms with Crippen LogP contribution < -0.4 is 0 Å². The number of halogens is 2. The lowest BCUT2D eigenvalue weighted by molar-refractivity contribution is -0.387. The van der Waals surface area contributed by atoms with Gasteiger partial charge in [-0.25, -0.2) is 12.8 Å². The van der Waals surface area contributed by atoms with Gasteiger partial charge in [-0.3, -0.25) is 15.0 Å².